The molecule has 4 rings (SSSR count). The third kappa shape index (κ3) is 4.26. The van der Waals surface area contributed by atoms with Gasteiger partial charge >= 0.3 is 12.1 Å². The van der Waals surface area contributed by atoms with E-state index in [1.807, 2.05) is 37.5 Å². The van der Waals surface area contributed by atoms with Gasteiger partial charge in [0.1, 0.15) is 11.3 Å². The molecule has 2 aliphatic rings. The summed E-state index contributed by atoms with van der Waals surface area (Å²) in [5, 5.41) is 10.7. The maximum Gasteiger partial charge on any atom is 0.410 e. The van der Waals surface area contributed by atoms with Crippen LogP contribution >= 0.6 is 0 Å². The number of carbonyl (C=O) groups excluding carboxylic acids is 1. The maximum absolute atomic E-state index is 12.4. The van der Waals surface area contributed by atoms with Crippen molar-refractivity contribution in [3.63, 3.8) is 0 Å². The molecule has 1 N–H and O–H groups in total. The number of benzene rings is 1. The first-order chi connectivity index (χ1) is 13.7. The van der Waals surface area contributed by atoms with Gasteiger partial charge in [-0.1, -0.05) is 18.2 Å². The van der Waals surface area contributed by atoms with E-state index >= 15 is 0 Å². The van der Waals surface area contributed by atoms with Gasteiger partial charge in [0.25, 0.3) is 0 Å². The van der Waals surface area contributed by atoms with Crippen LogP contribution in [0.1, 0.15) is 68.4 Å². The fourth-order valence-corrected chi connectivity index (χ4v) is 4.31. The number of likely N-dealkylation sites (tertiary alicyclic amines) is 1. The number of piperidine rings is 1. The number of aromatic nitrogens is 1. The highest BCUT2D eigenvalue weighted by atomic mass is 16.6. The Hall–Kier alpha value is -2.50. The van der Waals surface area contributed by atoms with Crippen LogP contribution in [0.5, 0.6) is 0 Å². The molecule has 6 nitrogen and oxygen atoms in total. The Kier molecular flexibility index (Phi) is 5.05. The van der Waals surface area contributed by atoms with Gasteiger partial charge in [-0.15, -0.1) is 0 Å². The summed E-state index contributed by atoms with van der Waals surface area (Å²) in [6.07, 6.45) is 3.81. The summed E-state index contributed by atoms with van der Waals surface area (Å²) in [5.41, 5.74) is 2.16. The highest BCUT2D eigenvalue weighted by molar-refractivity contribution is 5.96. The molecular weight excluding hydrogens is 368 g/mol. The van der Waals surface area contributed by atoms with Crippen molar-refractivity contribution in [1.29, 1.82) is 0 Å². The molecule has 1 saturated carbocycles. The average molecular weight is 399 g/mol. The first kappa shape index (κ1) is 19.8. The highest BCUT2D eigenvalue weighted by Gasteiger charge is 2.30. The van der Waals surface area contributed by atoms with Crippen LogP contribution in [0.4, 0.5) is 4.79 Å². The number of carboxylic acid groups (broad SMARTS) is 1. The van der Waals surface area contributed by atoms with Crippen LogP contribution in [-0.4, -0.2) is 45.3 Å². The Bertz CT molecular complexity index is 928. The van der Waals surface area contributed by atoms with Crippen molar-refractivity contribution in [1.82, 2.24) is 9.47 Å². The summed E-state index contributed by atoms with van der Waals surface area (Å²) in [6.45, 7) is 7.74. The van der Waals surface area contributed by atoms with E-state index in [1.165, 1.54) is 18.4 Å². The lowest BCUT2D eigenvalue weighted by Crippen LogP contribution is -2.41. The number of hydrogen-bond donors (Lipinski definition) is 1. The second kappa shape index (κ2) is 7.39. The minimum atomic E-state index is -0.868. The molecule has 0 atom stereocenters. The lowest BCUT2D eigenvalue weighted by molar-refractivity contribution is 0.0205. The predicted octanol–water partition coefficient (Wildman–Crippen LogP) is 4.86. The fraction of sp³-hybridized carbons (Fsp3) is 0.565. The summed E-state index contributed by atoms with van der Waals surface area (Å²) < 4.78 is 7.52. The maximum atomic E-state index is 12.4. The van der Waals surface area contributed by atoms with Crippen molar-refractivity contribution in [2.45, 2.75) is 64.5 Å². The molecule has 0 bridgehead atoms. The molecule has 0 radical (unpaired) electrons. The summed E-state index contributed by atoms with van der Waals surface area (Å²) in [7, 11) is 0. The molecule has 1 aromatic carbocycles. The molecule has 1 aliphatic carbocycles. The van der Waals surface area contributed by atoms with Gasteiger partial charge < -0.3 is 19.3 Å². The van der Waals surface area contributed by atoms with Crippen LogP contribution in [0.15, 0.2) is 24.3 Å². The van der Waals surface area contributed by atoms with Crippen LogP contribution in [-0.2, 0) is 11.3 Å². The monoisotopic (exact) mass is 398 g/mol. The molecule has 2 aromatic rings. The average Bonchev–Trinajstić information content (AvgIpc) is 3.39. The number of hydrogen-bond acceptors (Lipinski definition) is 3. The minimum absolute atomic E-state index is 0.251. The summed E-state index contributed by atoms with van der Waals surface area (Å²) in [6, 6.07) is 7.96. The van der Waals surface area contributed by atoms with Crippen molar-refractivity contribution in [3.8, 4) is 0 Å². The number of amides is 1. The molecule has 2 fully saturated rings. The number of carbonyl (C=O) groups is 2. The Morgan fingerprint density at radius 1 is 1.14 bits per heavy atom. The lowest BCUT2D eigenvalue weighted by atomic mass is 9.88. The van der Waals surface area contributed by atoms with Gasteiger partial charge in [-0.2, -0.15) is 0 Å². The van der Waals surface area contributed by atoms with E-state index in [9.17, 15) is 14.7 Å². The molecule has 1 aliphatic heterocycles. The van der Waals surface area contributed by atoms with Crippen molar-refractivity contribution in [3.05, 3.63) is 35.5 Å². The molecule has 1 amide bonds. The van der Waals surface area contributed by atoms with Crippen LogP contribution in [0, 0.1) is 5.92 Å². The smallest absolute Gasteiger partial charge is 0.410 e. The molecule has 2 heterocycles. The first-order valence-electron chi connectivity index (χ1n) is 10.6. The number of fused-ring (bicyclic) bond motifs is 1. The topological polar surface area (TPSA) is 71.8 Å². The third-order valence-corrected chi connectivity index (χ3v) is 5.89. The normalized spacial score (nSPS) is 18.2. The molecule has 0 spiro atoms. The van der Waals surface area contributed by atoms with E-state index in [0.717, 1.165) is 30.3 Å². The Morgan fingerprint density at radius 3 is 2.41 bits per heavy atom. The van der Waals surface area contributed by atoms with Crippen LogP contribution < -0.4 is 0 Å². The summed E-state index contributed by atoms with van der Waals surface area (Å²) in [4.78, 5) is 26.0. The number of rotatable bonds is 4. The molecule has 156 valence electrons. The molecule has 1 saturated heterocycles. The van der Waals surface area contributed by atoms with Gasteiger partial charge in [0.05, 0.1) is 5.52 Å². The van der Waals surface area contributed by atoms with Crippen LogP contribution in [0.3, 0.4) is 0 Å². The zero-order valence-electron chi connectivity index (χ0n) is 17.5. The number of nitrogens with zero attached hydrogens (tertiary/aromatic N) is 2. The van der Waals surface area contributed by atoms with E-state index < -0.39 is 11.6 Å². The summed E-state index contributed by atoms with van der Waals surface area (Å²) in [5.74, 6) is 0.0326. The van der Waals surface area contributed by atoms with E-state index in [0.29, 0.717) is 30.6 Å². The zero-order valence-corrected chi connectivity index (χ0v) is 17.5. The van der Waals surface area contributed by atoms with Gasteiger partial charge in [0, 0.05) is 25.0 Å². The number of carboxylic acids is 1. The van der Waals surface area contributed by atoms with E-state index in [-0.39, 0.29) is 6.09 Å². The Morgan fingerprint density at radius 2 is 1.83 bits per heavy atom. The predicted molar refractivity (Wildman–Crippen MR) is 111 cm³/mol. The van der Waals surface area contributed by atoms with Crippen LogP contribution in [0.2, 0.25) is 0 Å². The van der Waals surface area contributed by atoms with Gasteiger partial charge in [0.15, 0.2) is 0 Å². The molecule has 1 aromatic heterocycles. The second-order valence-electron chi connectivity index (χ2n) is 9.42. The molecule has 0 unspecified atom stereocenters. The molecular formula is C23H30N2O4. The molecule has 29 heavy (non-hydrogen) atoms. The summed E-state index contributed by atoms with van der Waals surface area (Å²) >= 11 is 0. The zero-order chi connectivity index (χ0) is 20.8. The molecule has 6 heteroatoms. The van der Waals surface area contributed by atoms with Crippen molar-refractivity contribution < 1.29 is 19.4 Å². The van der Waals surface area contributed by atoms with Gasteiger partial charge in [0.2, 0.25) is 0 Å². The van der Waals surface area contributed by atoms with E-state index in [1.54, 1.807) is 11.0 Å². The Labute approximate surface area is 171 Å². The number of para-hydroxylation sites is 1. The first-order valence-corrected chi connectivity index (χ1v) is 10.6. The van der Waals surface area contributed by atoms with Crippen molar-refractivity contribution in [2.24, 2.45) is 5.92 Å². The standard InChI is InChI=1S/C23H30N2O4/c1-23(2,3)29-22(28)24-11-9-16(10-12-24)18-6-4-5-17-13-19(21(26)27)25(20(17)18)14-15-7-8-15/h4-6,13,15-16H,7-12,14H2,1-3H3,(H,26,27). The number of ether oxygens (including phenoxy) is 1. The minimum Gasteiger partial charge on any atom is -0.477 e. The quantitative estimate of drug-likeness (QED) is 0.798. The van der Waals surface area contributed by atoms with E-state index in [2.05, 4.69) is 6.07 Å². The van der Waals surface area contributed by atoms with Crippen LogP contribution in [0.25, 0.3) is 10.9 Å². The van der Waals surface area contributed by atoms with E-state index in [4.69, 9.17) is 4.74 Å². The fourth-order valence-electron chi connectivity index (χ4n) is 4.31. The lowest BCUT2D eigenvalue weighted by Gasteiger charge is -2.34. The third-order valence-electron chi connectivity index (χ3n) is 5.89. The highest BCUT2D eigenvalue weighted by Crippen LogP contribution is 2.38. The van der Waals surface area contributed by atoms with Gasteiger partial charge in [-0.05, 0) is 69.9 Å². The van der Waals surface area contributed by atoms with Gasteiger partial charge in [-0.3, -0.25) is 0 Å². The Balaban J connectivity index is 1.58. The largest absolute Gasteiger partial charge is 0.477 e. The second-order valence-corrected chi connectivity index (χ2v) is 9.42. The van der Waals surface area contributed by atoms with Crippen molar-refractivity contribution in [2.75, 3.05) is 13.1 Å². The van der Waals surface area contributed by atoms with Gasteiger partial charge in [-0.25, -0.2) is 9.59 Å². The SMILES string of the molecule is CC(C)(C)OC(=O)N1CCC(c2cccc3cc(C(=O)O)n(CC4CC4)c23)CC1. The number of aromatic carboxylic acids is 1. The van der Waals surface area contributed by atoms with Crippen molar-refractivity contribution >= 4 is 23.0 Å².